The van der Waals surface area contributed by atoms with Crippen molar-refractivity contribution in [3.05, 3.63) is 65.9 Å². The summed E-state index contributed by atoms with van der Waals surface area (Å²) >= 11 is 0. The Kier molecular flexibility index (Phi) is 2.95. The van der Waals surface area contributed by atoms with E-state index in [0.717, 1.165) is 10.9 Å². The topological polar surface area (TPSA) is 55.1 Å². The Bertz CT molecular complexity index is 795. The number of pyridine rings is 1. The van der Waals surface area contributed by atoms with Gasteiger partial charge in [0.25, 0.3) is 0 Å². The second-order valence-electron chi connectivity index (χ2n) is 4.46. The quantitative estimate of drug-likeness (QED) is 0.796. The second kappa shape index (κ2) is 4.77. The zero-order valence-electron chi connectivity index (χ0n) is 10.5. The van der Waals surface area contributed by atoms with Crippen molar-refractivity contribution in [2.75, 3.05) is 0 Å². The van der Waals surface area contributed by atoms with E-state index in [0.29, 0.717) is 12.1 Å². The lowest BCUT2D eigenvalue weighted by Crippen LogP contribution is -2.08. The lowest BCUT2D eigenvalue weighted by Gasteiger charge is -2.08. The summed E-state index contributed by atoms with van der Waals surface area (Å²) in [6, 6.07) is 9.75. The number of carboxylic acids is 1. The molecule has 0 bridgehead atoms. The van der Waals surface area contributed by atoms with E-state index in [1.54, 1.807) is 24.3 Å². The van der Waals surface area contributed by atoms with Crippen LogP contribution in [0.5, 0.6) is 0 Å². The fraction of sp³-hybridized carbons (Fsp3) is 0.0667. The number of hydrogen-bond acceptors (Lipinski definition) is 2. The molecule has 20 heavy (non-hydrogen) atoms. The van der Waals surface area contributed by atoms with Crippen molar-refractivity contribution >= 4 is 16.9 Å². The summed E-state index contributed by atoms with van der Waals surface area (Å²) in [7, 11) is 0. The molecule has 1 aromatic carbocycles. The summed E-state index contributed by atoms with van der Waals surface area (Å²) in [6.45, 7) is 0.380. The Hall–Kier alpha value is -2.69. The van der Waals surface area contributed by atoms with Gasteiger partial charge in [-0.05, 0) is 30.3 Å². The Morgan fingerprint density at radius 2 is 2.15 bits per heavy atom. The largest absolute Gasteiger partial charge is 0.477 e. The van der Waals surface area contributed by atoms with Crippen molar-refractivity contribution < 1.29 is 14.3 Å². The van der Waals surface area contributed by atoms with Crippen LogP contribution in [0.4, 0.5) is 4.39 Å². The van der Waals surface area contributed by atoms with Crippen molar-refractivity contribution in [2.45, 2.75) is 6.54 Å². The van der Waals surface area contributed by atoms with Gasteiger partial charge in [-0.3, -0.25) is 0 Å². The molecule has 4 nitrogen and oxygen atoms in total. The normalized spacial score (nSPS) is 10.8. The first-order valence-electron chi connectivity index (χ1n) is 6.07. The van der Waals surface area contributed by atoms with Crippen LogP contribution in [0.1, 0.15) is 16.1 Å². The number of aromatic carboxylic acids is 1. The van der Waals surface area contributed by atoms with Crippen molar-refractivity contribution in [1.29, 1.82) is 0 Å². The van der Waals surface area contributed by atoms with Gasteiger partial charge in [0, 0.05) is 35.4 Å². The van der Waals surface area contributed by atoms with Crippen LogP contribution in [-0.2, 0) is 6.54 Å². The minimum absolute atomic E-state index is 0.0384. The summed E-state index contributed by atoms with van der Waals surface area (Å²) < 4.78 is 15.0. The monoisotopic (exact) mass is 270 g/mol. The van der Waals surface area contributed by atoms with E-state index < -0.39 is 5.97 Å². The summed E-state index contributed by atoms with van der Waals surface area (Å²) in [4.78, 5) is 15.0. The van der Waals surface area contributed by atoms with Gasteiger partial charge in [0.1, 0.15) is 5.82 Å². The molecule has 100 valence electrons. The van der Waals surface area contributed by atoms with Crippen molar-refractivity contribution in [3.63, 3.8) is 0 Å². The van der Waals surface area contributed by atoms with Crippen LogP contribution in [-0.4, -0.2) is 20.6 Å². The van der Waals surface area contributed by atoms with Crippen LogP contribution in [0, 0.1) is 5.82 Å². The molecular weight excluding hydrogens is 259 g/mol. The maximum Gasteiger partial charge on any atom is 0.354 e. The Morgan fingerprint density at radius 3 is 2.95 bits per heavy atom. The first-order chi connectivity index (χ1) is 9.65. The lowest BCUT2D eigenvalue weighted by atomic mass is 10.2. The summed E-state index contributed by atoms with van der Waals surface area (Å²) in [5.41, 5.74) is 1.50. The van der Waals surface area contributed by atoms with E-state index in [9.17, 15) is 9.18 Å². The highest BCUT2D eigenvalue weighted by Gasteiger charge is 2.12. The van der Waals surface area contributed by atoms with Gasteiger partial charge in [-0.2, -0.15) is 0 Å². The molecule has 2 heterocycles. The number of fused-ring (bicyclic) bond motifs is 1. The molecule has 3 rings (SSSR count). The van der Waals surface area contributed by atoms with E-state index in [1.165, 1.54) is 18.3 Å². The van der Waals surface area contributed by atoms with E-state index in [4.69, 9.17) is 5.11 Å². The van der Waals surface area contributed by atoms with Crippen LogP contribution >= 0.6 is 0 Å². The van der Waals surface area contributed by atoms with Crippen LogP contribution in [0.15, 0.2) is 48.8 Å². The molecule has 0 radical (unpaired) electrons. The maximum absolute atomic E-state index is 13.1. The minimum atomic E-state index is -1.05. The molecule has 0 aliphatic rings. The van der Waals surface area contributed by atoms with Gasteiger partial charge in [-0.15, -0.1) is 0 Å². The number of rotatable bonds is 3. The van der Waals surface area contributed by atoms with E-state index in [1.807, 2.05) is 10.8 Å². The van der Waals surface area contributed by atoms with Gasteiger partial charge in [0.2, 0.25) is 0 Å². The Morgan fingerprint density at radius 1 is 1.30 bits per heavy atom. The molecule has 2 aromatic heterocycles. The molecule has 0 unspecified atom stereocenters. The molecule has 0 aliphatic heterocycles. The molecule has 0 saturated carbocycles. The second-order valence-corrected chi connectivity index (χ2v) is 4.46. The SMILES string of the molecule is O=C(O)c1ncccc1Cn1ccc2cc(F)ccc21. The summed E-state index contributed by atoms with van der Waals surface area (Å²) in [6.07, 6.45) is 3.26. The standard InChI is InChI=1S/C15H11FN2O2/c16-12-3-4-13-10(8-12)5-7-18(13)9-11-2-1-6-17-14(11)15(19)20/h1-8H,9H2,(H,19,20). The van der Waals surface area contributed by atoms with Crippen molar-refractivity contribution in [1.82, 2.24) is 9.55 Å². The number of halogens is 1. The predicted octanol–water partition coefficient (Wildman–Crippen LogP) is 2.92. The number of hydrogen-bond donors (Lipinski definition) is 1. The zero-order chi connectivity index (χ0) is 14.1. The number of nitrogens with zero attached hydrogens (tertiary/aromatic N) is 2. The number of benzene rings is 1. The summed E-state index contributed by atoms with van der Waals surface area (Å²) in [5, 5.41) is 9.91. The van der Waals surface area contributed by atoms with Gasteiger partial charge in [0.15, 0.2) is 5.69 Å². The number of carboxylic acid groups (broad SMARTS) is 1. The first kappa shape index (κ1) is 12.3. The average molecular weight is 270 g/mol. The minimum Gasteiger partial charge on any atom is -0.477 e. The average Bonchev–Trinajstić information content (AvgIpc) is 2.81. The van der Waals surface area contributed by atoms with Crippen LogP contribution in [0.3, 0.4) is 0 Å². The molecule has 1 N–H and O–H groups in total. The zero-order valence-corrected chi connectivity index (χ0v) is 10.5. The predicted molar refractivity (Wildman–Crippen MR) is 72.2 cm³/mol. The highest BCUT2D eigenvalue weighted by Crippen LogP contribution is 2.19. The third-order valence-corrected chi connectivity index (χ3v) is 3.17. The van der Waals surface area contributed by atoms with Gasteiger partial charge in [-0.25, -0.2) is 14.2 Å². The number of carbonyl (C=O) groups is 1. The first-order valence-corrected chi connectivity index (χ1v) is 6.07. The van der Waals surface area contributed by atoms with Gasteiger partial charge in [-0.1, -0.05) is 6.07 Å². The highest BCUT2D eigenvalue weighted by atomic mass is 19.1. The molecule has 0 fully saturated rings. The maximum atomic E-state index is 13.1. The van der Waals surface area contributed by atoms with Crippen LogP contribution < -0.4 is 0 Å². The van der Waals surface area contributed by atoms with Gasteiger partial charge in [0.05, 0.1) is 0 Å². The Labute approximate surface area is 114 Å². The molecule has 5 heteroatoms. The molecule has 0 amide bonds. The van der Waals surface area contributed by atoms with E-state index in [-0.39, 0.29) is 11.5 Å². The highest BCUT2D eigenvalue weighted by molar-refractivity contribution is 5.87. The molecule has 0 saturated heterocycles. The summed E-state index contributed by atoms with van der Waals surface area (Å²) in [5.74, 6) is -1.34. The molecule has 0 spiro atoms. The third-order valence-electron chi connectivity index (χ3n) is 3.17. The molecule has 0 atom stereocenters. The van der Waals surface area contributed by atoms with E-state index in [2.05, 4.69) is 4.98 Å². The fourth-order valence-corrected chi connectivity index (χ4v) is 2.25. The van der Waals surface area contributed by atoms with Gasteiger partial charge >= 0.3 is 5.97 Å². The Balaban J connectivity index is 2.04. The van der Waals surface area contributed by atoms with Crippen molar-refractivity contribution in [3.8, 4) is 0 Å². The molecule has 3 aromatic rings. The van der Waals surface area contributed by atoms with E-state index >= 15 is 0 Å². The lowest BCUT2D eigenvalue weighted by molar-refractivity contribution is 0.0689. The smallest absolute Gasteiger partial charge is 0.354 e. The van der Waals surface area contributed by atoms with Crippen LogP contribution in [0.25, 0.3) is 10.9 Å². The molecule has 0 aliphatic carbocycles. The third kappa shape index (κ3) is 2.14. The number of aromatic nitrogens is 2. The molecular formula is C15H11FN2O2. The fourth-order valence-electron chi connectivity index (χ4n) is 2.25. The van der Waals surface area contributed by atoms with Crippen molar-refractivity contribution in [2.24, 2.45) is 0 Å². The van der Waals surface area contributed by atoms with Gasteiger partial charge < -0.3 is 9.67 Å². The van der Waals surface area contributed by atoms with Crippen LogP contribution in [0.2, 0.25) is 0 Å².